The van der Waals surface area contributed by atoms with Gasteiger partial charge in [0.15, 0.2) is 0 Å². The second-order valence-electron chi connectivity index (χ2n) is 3.92. The monoisotopic (exact) mass is 149 g/mol. The fraction of sp³-hybridized carbons (Fsp3) is 0.800. The van der Waals surface area contributed by atoms with Crippen molar-refractivity contribution >= 4 is 0 Å². The van der Waals surface area contributed by atoms with Crippen LogP contribution in [0.2, 0.25) is 0 Å². The Kier molecular flexibility index (Phi) is 1.65. The van der Waals surface area contributed by atoms with Crippen LogP contribution in [-0.4, -0.2) is 13.1 Å². The van der Waals surface area contributed by atoms with E-state index in [0.29, 0.717) is 6.04 Å². The van der Waals surface area contributed by atoms with Crippen molar-refractivity contribution in [3.8, 4) is 12.3 Å². The first-order valence-corrected chi connectivity index (χ1v) is 4.48. The number of nitrogens with one attached hydrogen (secondary N) is 1. The van der Waals surface area contributed by atoms with Gasteiger partial charge < -0.3 is 5.32 Å². The average molecular weight is 149 g/mol. The van der Waals surface area contributed by atoms with Crippen molar-refractivity contribution in [2.75, 3.05) is 7.05 Å². The molecule has 0 aromatic carbocycles. The van der Waals surface area contributed by atoms with Crippen molar-refractivity contribution in [3.63, 3.8) is 0 Å². The molecule has 0 heterocycles. The first-order chi connectivity index (χ1) is 5.35. The van der Waals surface area contributed by atoms with E-state index in [9.17, 15) is 0 Å². The molecule has 1 nitrogen and oxygen atoms in total. The van der Waals surface area contributed by atoms with Gasteiger partial charge in [-0.1, -0.05) is 5.92 Å². The minimum atomic E-state index is 0.336. The van der Waals surface area contributed by atoms with Gasteiger partial charge in [-0.25, -0.2) is 0 Å². The van der Waals surface area contributed by atoms with E-state index in [-0.39, 0.29) is 0 Å². The SMILES string of the molecule is C#CC(NC)C1CC2CC2C1. The molecule has 0 radical (unpaired) electrons. The lowest BCUT2D eigenvalue weighted by Crippen LogP contribution is -2.31. The van der Waals surface area contributed by atoms with E-state index in [4.69, 9.17) is 6.42 Å². The molecule has 0 aromatic rings. The molecule has 1 N–H and O–H groups in total. The summed E-state index contributed by atoms with van der Waals surface area (Å²) in [4.78, 5) is 0. The molecular weight excluding hydrogens is 134 g/mol. The summed E-state index contributed by atoms with van der Waals surface area (Å²) < 4.78 is 0. The second kappa shape index (κ2) is 2.53. The van der Waals surface area contributed by atoms with Gasteiger partial charge >= 0.3 is 0 Å². The summed E-state index contributed by atoms with van der Waals surface area (Å²) in [6, 6.07) is 0.336. The van der Waals surface area contributed by atoms with Crippen LogP contribution in [0.1, 0.15) is 19.3 Å². The maximum atomic E-state index is 5.41. The molecule has 0 amide bonds. The van der Waals surface area contributed by atoms with Gasteiger partial charge in [0.2, 0.25) is 0 Å². The standard InChI is InChI=1S/C10H15N/c1-3-10(11-2)9-5-7-4-8(7)6-9/h1,7-11H,4-6H2,2H3. The third-order valence-corrected chi connectivity index (χ3v) is 3.24. The summed E-state index contributed by atoms with van der Waals surface area (Å²) in [7, 11) is 1.97. The van der Waals surface area contributed by atoms with Crippen molar-refractivity contribution in [1.29, 1.82) is 0 Å². The van der Waals surface area contributed by atoms with Crippen LogP contribution in [0.3, 0.4) is 0 Å². The van der Waals surface area contributed by atoms with Crippen LogP contribution in [0.25, 0.3) is 0 Å². The number of hydrogen-bond donors (Lipinski definition) is 1. The molecule has 2 rings (SSSR count). The van der Waals surface area contributed by atoms with E-state index < -0.39 is 0 Å². The summed E-state index contributed by atoms with van der Waals surface area (Å²) in [5.74, 6) is 5.69. The van der Waals surface area contributed by atoms with E-state index in [1.807, 2.05) is 7.05 Å². The van der Waals surface area contributed by atoms with E-state index in [1.54, 1.807) is 0 Å². The van der Waals surface area contributed by atoms with Crippen LogP contribution >= 0.6 is 0 Å². The highest BCUT2D eigenvalue weighted by Crippen LogP contribution is 2.54. The van der Waals surface area contributed by atoms with Gasteiger partial charge in [0, 0.05) is 0 Å². The predicted molar refractivity (Wildman–Crippen MR) is 46.0 cm³/mol. The number of hydrogen-bond acceptors (Lipinski definition) is 1. The van der Waals surface area contributed by atoms with Gasteiger partial charge in [-0.2, -0.15) is 0 Å². The van der Waals surface area contributed by atoms with E-state index in [1.165, 1.54) is 19.3 Å². The van der Waals surface area contributed by atoms with Crippen molar-refractivity contribution in [2.24, 2.45) is 17.8 Å². The Balaban J connectivity index is 1.91. The largest absolute Gasteiger partial charge is 0.307 e. The Hall–Kier alpha value is -0.480. The zero-order valence-electron chi connectivity index (χ0n) is 7.01. The molecule has 11 heavy (non-hydrogen) atoms. The zero-order chi connectivity index (χ0) is 7.84. The lowest BCUT2D eigenvalue weighted by molar-refractivity contribution is 0.410. The van der Waals surface area contributed by atoms with E-state index >= 15 is 0 Å². The minimum absolute atomic E-state index is 0.336. The molecule has 0 saturated heterocycles. The quantitative estimate of drug-likeness (QED) is 0.583. The molecule has 0 aromatic heterocycles. The molecular formula is C10H15N. The highest BCUT2D eigenvalue weighted by atomic mass is 14.9. The van der Waals surface area contributed by atoms with E-state index in [2.05, 4.69) is 11.2 Å². The van der Waals surface area contributed by atoms with Gasteiger partial charge in [-0.15, -0.1) is 6.42 Å². The van der Waals surface area contributed by atoms with Crippen LogP contribution in [-0.2, 0) is 0 Å². The number of rotatable bonds is 2. The molecule has 0 bridgehead atoms. The third-order valence-electron chi connectivity index (χ3n) is 3.24. The Morgan fingerprint density at radius 2 is 2.00 bits per heavy atom. The highest BCUT2D eigenvalue weighted by molar-refractivity contribution is 5.08. The van der Waals surface area contributed by atoms with Crippen molar-refractivity contribution in [1.82, 2.24) is 5.32 Å². The molecule has 1 heteroatoms. The van der Waals surface area contributed by atoms with Crippen LogP contribution < -0.4 is 5.32 Å². The third kappa shape index (κ3) is 1.16. The summed E-state index contributed by atoms with van der Waals surface area (Å²) >= 11 is 0. The first kappa shape index (κ1) is 7.18. The second-order valence-corrected chi connectivity index (χ2v) is 3.92. The topological polar surface area (TPSA) is 12.0 Å². The van der Waals surface area contributed by atoms with Crippen molar-refractivity contribution < 1.29 is 0 Å². The molecule has 2 aliphatic rings. The fourth-order valence-electron chi connectivity index (χ4n) is 2.49. The zero-order valence-corrected chi connectivity index (χ0v) is 7.01. The lowest BCUT2D eigenvalue weighted by atomic mass is 9.95. The first-order valence-electron chi connectivity index (χ1n) is 4.48. The molecule has 3 atom stereocenters. The van der Waals surface area contributed by atoms with Gasteiger partial charge in [-0.3, -0.25) is 0 Å². The van der Waals surface area contributed by atoms with Crippen LogP contribution in [0, 0.1) is 30.1 Å². The van der Waals surface area contributed by atoms with Crippen molar-refractivity contribution in [2.45, 2.75) is 25.3 Å². The molecule has 60 valence electrons. The maximum Gasteiger partial charge on any atom is 0.0713 e. The number of fused-ring (bicyclic) bond motifs is 1. The average Bonchev–Trinajstić information content (AvgIpc) is 2.62. The summed E-state index contributed by atoms with van der Waals surface area (Å²) in [5.41, 5.74) is 0. The summed E-state index contributed by atoms with van der Waals surface area (Å²) in [6.45, 7) is 0. The van der Waals surface area contributed by atoms with Crippen molar-refractivity contribution in [3.05, 3.63) is 0 Å². The maximum absolute atomic E-state index is 5.41. The molecule has 0 spiro atoms. The summed E-state index contributed by atoms with van der Waals surface area (Å²) in [5, 5.41) is 3.20. The number of terminal acetylenes is 1. The Morgan fingerprint density at radius 1 is 1.36 bits per heavy atom. The van der Waals surface area contributed by atoms with Gasteiger partial charge in [-0.05, 0) is 44.1 Å². The molecule has 0 aliphatic heterocycles. The Morgan fingerprint density at radius 3 is 2.45 bits per heavy atom. The molecule has 2 aliphatic carbocycles. The predicted octanol–water partition coefficient (Wildman–Crippen LogP) is 1.25. The fourth-order valence-corrected chi connectivity index (χ4v) is 2.49. The highest BCUT2D eigenvalue weighted by Gasteiger charge is 2.47. The molecule has 2 saturated carbocycles. The van der Waals surface area contributed by atoms with E-state index in [0.717, 1.165) is 17.8 Å². The lowest BCUT2D eigenvalue weighted by Gasteiger charge is -2.18. The Bertz CT molecular complexity index is 182. The normalized spacial score (nSPS) is 42.7. The van der Waals surface area contributed by atoms with Gasteiger partial charge in [0.05, 0.1) is 6.04 Å². The summed E-state index contributed by atoms with van der Waals surface area (Å²) in [6.07, 6.45) is 9.65. The molecule has 3 unspecified atom stereocenters. The molecule has 2 fully saturated rings. The van der Waals surface area contributed by atoms with Crippen LogP contribution in [0.5, 0.6) is 0 Å². The van der Waals surface area contributed by atoms with Gasteiger partial charge in [0.25, 0.3) is 0 Å². The van der Waals surface area contributed by atoms with Crippen LogP contribution in [0.4, 0.5) is 0 Å². The minimum Gasteiger partial charge on any atom is -0.307 e. The Labute approximate surface area is 68.6 Å². The van der Waals surface area contributed by atoms with Crippen LogP contribution in [0.15, 0.2) is 0 Å². The smallest absolute Gasteiger partial charge is 0.0713 e. The van der Waals surface area contributed by atoms with Gasteiger partial charge in [0.1, 0.15) is 0 Å².